The van der Waals surface area contributed by atoms with Crippen LogP contribution < -0.4 is 5.32 Å². The molecule has 2 nitrogen and oxygen atoms in total. The van der Waals surface area contributed by atoms with E-state index in [4.69, 9.17) is 0 Å². The van der Waals surface area contributed by atoms with Gasteiger partial charge in [0.1, 0.15) is 11.6 Å². The van der Waals surface area contributed by atoms with Crippen LogP contribution in [0.1, 0.15) is 32.1 Å². The van der Waals surface area contributed by atoms with Crippen molar-refractivity contribution >= 4 is 27.5 Å². The van der Waals surface area contributed by atoms with E-state index in [9.17, 15) is 13.6 Å². The van der Waals surface area contributed by atoms with Crippen LogP contribution in [0, 0.1) is 11.6 Å². The molecule has 19 heavy (non-hydrogen) atoms. The SMILES string of the molecule is O=C(CC1=CCCCC1)Nc1cc(F)c(Br)cc1F. The smallest absolute Gasteiger partial charge is 0.228 e. The normalized spacial score (nSPS) is 15.0. The third-order valence-electron chi connectivity index (χ3n) is 3.06. The molecule has 1 aromatic rings. The fourth-order valence-electron chi connectivity index (χ4n) is 2.08. The summed E-state index contributed by atoms with van der Waals surface area (Å²) < 4.78 is 26.9. The zero-order valence-corrected chi connectivity index (χ0v) is 11.9. The maximum Gasteiger partial charge on any atom is 0.228 e. The number of rotatable bonds is 3. The maximum atomic E-state index is 13.5. The highest BCUT2D eigenvalue weighted by molar-refractivity contribution is 9.10. The molecule has 1 aromatic carbocycles. The number of hydrogen-bond acceptors (Lipinski definition) is 1. The van der Waals surface area contributed by atoms with Gasteiger partial charge in [0.2, 0.25) is 5.91 Å². The summed E-state index contributed by atoms with van der Waals surface area (Å²) in [7, 11) is 0. The number of anilines is 1. The Morgan fingerprint density at radius 2 is 2.05 bits per heavy atom. The van der Waals surface area contributed by atoms with Gasteiger partial charge in [-0.1, -0.05) is 11.6 Å². The van der Waals surface area contributed by atoms with Crippen LogP contribution in [0.2, 0.25) is 0 Å². The van der Waals surface area contributed by atoms with Crippen LogP contribution in [0.4, 0.5) is 14.5 Å². The predicted molar refractivity (Wildman–Crippen MR) is 73.9 cm³/mol. The molecule has 1 N–H and O–H groups in total. The van der Waals surface area contributed by atoms with Gasteiger partial charge >= 0.3 is 0 Å². The summed E-state index contributed by atoms with van der Waals surface area (Å²) >= 11 is 2.89. The van der Waals surface area contributed by atoms with Crippen molar-refractivity contribution in [3.8, 4) is 0 Å². The summed E-state index contributed by atoms with van der Waals surface area (Å²) in [4.78, 5) is 11.8. The molecule has 0 unspecified atom stereocenters. The number of amides is 1. The Hall–Kier alpha value is -1.23. The number of allylic oxidation sites excluding steroid dienone is 1. The number of carbonyl (C=O) groups is 1. The van der Waals surface area contributed by atoms with Gasteiger partial charge in [-0.3, -0.25) is 4.79 Å². The van der Waals surface area contributed by atoms with Crippen LogP contribution in [-0.2, 0) is 4.79 Å². The van der Waals surface area contributed by atoms with Gasteiger partial charge in [0, 0.05) is 12.5 Å². The Labute approximate surface area is 119 Å². The number of benzene rings is 1. The van der Waals surface area contributed by atoms with E-state index >= 15 is 0 Å². The Kier molecular flexibility index (Phi) is 4.69. The highest BCUT2D eigenvalue weighted by Gasteiger charge is 2.13. The van der Waals surface area contributed by atoms with E-state index in [0.29, 0.717) is 0 Å². The lowest BCUT2D eigenvalue weighted by Gasteiger charge is -2.13. The molecule has 102 valence electrons. The summed E-state index contributed by atoms with van der Waals surface area (Å²) in [5.41, 5.74) is 0.948. The zero-order valence-electron chi connectivity index (χ0n) is 10.3. The molecule has 1 amide bonds. The van der Waals surface area contributed by atoms with Crippen molar-refractivity contribution in [1.82, 2.24) is 0 Å². The summed E-state index contributed by atoms with van der Waals surface area (Å²) in [6.07, 6.45) is 6.44. The van der Waals surface area contributed by atoms with Crippen LogP contribution in [-0.4, -0.2) is 5.91 Å². The maximum absolute atomic E-state index is 13.5. The van der Waals surface area contributed by atoms with Gasteiger partial charge in [0.15, 0.2) is 0 Å². The highest BCUT2D eigenvalue weighted by Crippen LogP contribution is 2.24. The van der Waals surface area contributed by atoms with E-state index < -0.39 is 11.6 Å². The second-order valence-electron chi connectivity index (χ2n) is 4.58. The minimum atomic E-state index is -0.653. The molecular weight excluding hydrogens is 316 g/mol. The molecule has 0 radical (unpaired) electrons. The Bertz CT molecular complexity index is 528. The number of nitrogens with one attached hydrogen (secondary N) is 1. The molecule has 0 atom stereocenters. The molecular formula is C14H14BrF2NO. The quantitative estimate of drug-likeness (QED) is 0.639. The largest absolute Gasteiger partial charge is 0.323 e. The molecule has 0 saturated heterocycles. The van der Waals surface area contributed by atoms with E-state index in [1.807, 2.05) is 0 Å². The Balaban J connectivity index is 2.02. The second kappa shape index (κ2) is 6.28. The first-order chi connectivity index (χ1) is 9.06. The lowest BCUT2D eigenvalue weighted by Crippen LogP contribution is -2.14. The monoisotopic (exact) mass is 329 g/mol. The lowest BCUT2D eigenvalue weighted by atomic mass is 9.97. The van der Waals surface area contributed by atoms with Crippen LogP contribution >= 0.6 is 15.9 Å². The first-order valence-electron chi connectivity index (χ1n) is 6.18. The molecule has 0 heterocycles. The summed E-state index contributed by atoms with van der Waals surface area (Å²) in [5, 5.41) is 2.41. The first kappa shape index (κ1) is 14.2. The van der Waals surface area contributed by atoms with E-state index in [2.05, 4.69) is 27.3 Å². The summed E-state index contributed by atoms with van der Waals surface area (Å²) in [6, 6.07) is 1.98. The molecule has 0 aromatic heterocycles. The molecule has 0 fully saturated rings. The van der Waals surface area contributed by atoms with Gasteiger partial charge in [-0.05, 0) is 47.7 Å². The third kappa shape index (κ3) is 3.86. The molecule has 0 bridgehead atoms. The molecule has 5 heteroatoms. The molecule has 1 aliphatic carbocycles. The van der Waals surface area contributed by atoms with Crippen molar-refractivity contribution in [3.05, 3.63) is 39.9 Å². The van der Waals surface area contributed by atoms with Gasteiger partial charge in [0.05, 0.1) is 10.2 Å². The molecule has 0 aliphatic heterocycles. The lowest BCUT2D eigenvalue weighted by molar-refractivity contribution is -0.115. The van der Waals surface area contributed by atoms with Crippen molar-refractivity contribution in [2.24, 2.45) is 0 Å². The number of halogens is 3. The van der Waals surface area contributed by atoms with E-state index in [1.165, 1.54) is 0 Å². The van der Waals surface area contributed by atoms with Crippen molar-refractivity contribution in [2.45, 2.75) is 32.1 Å². The van der Waals surface area contributed by atoms with Gasteiger partial charge < -0.3 is 5.32 Å². The van der Waals surface area contributed by atoms with Gasteiger partial charge in [-0.25, -0.2) is 8.78 Å². The predicted octanol–water partition coefficient (Wildman–Crippen LogP) is 4.56. The topological polar surface area (TPSA) is 29.1 Å². The number of carbonyl (C=O) groups excluding carboxylic acids is 1. The first-order valence-corrected chi connectivity index (χ1v) is 6.98. The highest BCUT2D eigenvalue weighted by atomic mass is 79.9. The fraction of sp³-hybridized carbons (Fsp3) is 0.357. The van der Waals surface area contributed by atoms with Crippen LogP contribution in [0.3, 0.4) is 0 Å². The average molecular weight is 330 g/mol. The molecule has 2 rings (SSSR count). The summed E-state index contributed by atoms with van der Waals surface area (Å²) in [6.45, 7) is 0. The van der Waals surface area contributed by atoms with Crippen LogP contribution in [0.5, 0.6) is 0 Å². The van der Waals surface area contributed by atoms with Crippen LogP contribution in [0.25, 0.3) is 0 Å². The molecule has 0 saturated carbocycles. The van der Waals surface area contributed by atoms with Crippen molar-refractivity contribution in [3.63, 3.8) is 0 Å². The zero-order chi connectivity index (χ0) is 13.8. The standard InChI is InChI=1S/C14H14BrF2NO/c15-10-7-12(17)13(8-11(10)16)18-14(19)6-9-4-2-1-3-5-9/h4,7-8H,1-3,5-6H2,(H,18,19). The van der Waals surface area contributed by atoms with Gasteiger partial charge in [-0.2, -0.15) is 0 Å². The van der Waals surface area contributed by atoms with Gasteiger partial charge in [0.25, 0.3) is 0 Å². The van der Waals surface area contributed by atoms with Gasteiger partial charge in [-0.15, -0.1) is 0 Å². The van der Waals surface area contributed by atoms with Crippen molar-refractivity contribution in [2.75, 3.05) is 5.32 Å². The minimum Gasteiger partial charge on any atom is -0.323 e. The number of hydrogen-bond donors (Lipinski definition) is 1. The fourth-order valence-corrected chi connectivity index (χ4v) is 2.40. The molecule has 1 aliphatic rings. The molecule has 0 spiro atoms. The second-order valence-corrected chi connectivity index (χ2v) is 5.43. The Morgan fingerprint density at radius 1 is 1.26 bits per heavy atom. The summed E-state index contributed by atoms with van der Waals surface area (Å²) in [5.74, 6) is -1.57. The van der Waals surface area contributed by atoms with Crippen molar-refractivity contribution < 1.29 is 13.6 Å². The van der Waals surface area contributed by atoms with Crippen molar-refractivity contribution in [1.29, 1.82) is 0 Å². The van der Waals surface area contributed by atoms with Crippen LogP contribution in [0.15, 0.2) is 28.3 Å². The van der Waals surface area contributed by atoms with E-state index in [1.54, 1.807) is 0 Å². The van der Waals surface area contributed by atoms with E-state index in [-0.39, 0.29) is 22.5 Å². The average Bonchev–Trinajstić information content (AvgIpc) is 2.37. The Morgan fingerprint density at radius 3 is 2.74 bits per heavy atom. The third-order valence-corrected chi connectivity index (χ3v) is 3.66. The van der Waals surface area contributed by atoms with E-state index in [0.717, 1.165) is 43.4 Å². The minimum absolute atomic E-state index is 0.0398.